The Hall–Kier alpha value is -1.35. The number of carbonyl (C=O) groups is 1. The van der Waals surface area contributed by atoms with E-state index < -0.39 is 5.60 Å². The third-order valence-electron chi connectivity index (χ3n) is 3.80. The van der Waals surface area contributed by atoms with Crippen LogP contribution in [0.1, 0.15) is 52.0 Å². The number of hydrogen-bond acceptors (Lipinski definition) is 2. The summed E-state index contributed by atoms with van der Waals surface area (Å²) in [7, 11) is 0. The molecule has 0 aliphatic carbocycles. The minimum absolute atomic E-state index is 0.176. The Morgan fingerprint density at radius 1 is 1.10 bits per heavy atom. The number of carbonyl (C=O) groups excluding carboxylic acids is 1. The lowest BCUT2D eigenvalue weighted by molar-refractivity contribution is -0.153. The van der Waals surface area contributed by atoms with Gasteiger partial charge in [-0.25, -0.2) is 0 Å². The molecule has 3 nitrogen and oxygen atoms in total. The van der Waals surface area contributed by atoms with Crippen LogP contribution in [-0.4, -0.2) is 29.0 Å². The summed E-state index contributed by atoms with van der Waals surface area (Å²) in [6, 6.07) is 9.32. The van der Waals surface area contributed by atoms with Gasteiger partial charge in [0.25, 0.3) is 5.91 Å². The second kappa shape index (κ2) is 8.05. The van der Waals surface area contributed by atoms with Crippen molar-refractivity contribution in [2.45, 2.75) is 52.1 Å². The molecule has 0 saturated carbocycles. The zero-order valence-electron chi connectivity index (χ0n) is 12.9. The average molecular weight is 277 g/mol. The van der Waals surface area contributed by atoms with Crippen molar-refractivity contribution in [3.05, 3.63) is 35.9 Å². The molecular weight excluding hydrogens is 250 g/mol. The third-order valence-corrected chi connectivity index (χ3v) is 3.80. The number of amides is 1. The van der Waals surface area contributed by atoms with Crippen molar-refractivity contribution >= 4 is 5.91 Å². The van der Waals surface area contributed by atoms with E-state index in [1.54, 1.807) is 4.90 Å². The molecule has 0 saturated heterocycles. The molecule has 0 spiro atoms. The highest BCUT2D eigenvalue weighted by Gasteiger charge is 2.39. The Morgan fingerprint density at radius 3 is 2.20 bits per heavy atom. The smallest absolute Gasteiger partial charge is 0.259 e. The Balaban J connectivity index is 3.03. The number of likely N-dealkylation sites (N-methyl/N-ethyl adjacent to an activating group) is 1. The van der Waals surface area contributed by atoms with Crippen molar-refractivity contribution < 1.29 is 9.90 Å². The van der Waals surface area contributed by atoms with Crippen LogP contribution in [0.25, 0.3) is 0 Å². The van der Waals surface area contributed by atoms with Gasteiger partial charge in [-0.05, 0) is 32.3 Å². The molecule has 0 bridgehead atoms. The summed E-state index contributed by atoms with van der Waals surface area (Å²) in [5.41, 5.74) is -0.685. The lowest BCUT2D eigenvalue weighted by Crippen LogP contribution is -2.47. The van der Waals surface area contributed by atoms with Crippen LogP contribution < -0.4 is 0 Å². The molecule has 3 heteroatoms. The van der Waals surface area contributed by atoms with E-state index in [9.17, 15) is 9.90 Å². The van der Waals surface area contributed by atoms with Crippen LogP contribution in [-0.2, 0) is 10.4 Å². The van der Waals surface area contributed by atoms with E-state index in [2.05, 4.69) is 6.92 Å². The standard InChI is InChI=1S/C17H27NO2/c1-4-7-11-14-17(20,15-12-9-8-10-13-15)16(19)18(5-2)6-3/h8-10,12-13,20H,4-7,11,14H2,1-3H3. The number of rotatable bonds is 8. The second-order valence-corrected chi connectivity index (χ2v) is 5.16. The largest absolute Gasteiger partial charge is 0.375 e. The van der Waals surface area contributed by atoms with E-state index in [0.29, 0.717) is 25.1 Å². The molecule has 1 rings (SSSR count). The molecule has 0 aliphatic rings. The minimum atomic E-state index is -1.39. The maximum Gasteiger partial charge on any atom is 0.259 e. The van der Waals surface area contributed by atoms with Gasteiger partial charge in [-0.15, -0.1) is 0 Å². The molecule has 1 amide bonds. The van der Waals surface area contributed by atoms with Crippen molar-refractivity contribution in [3.63, 3.8) is 0 Å². The molecule has 20 heavy (non-hydrogen) atoms. The van der Waals surface area contributed by atoms with Crippen LogP contribution in [0, 0.1) is 0 Å². The van der Waals surface area contributed by atoms with Crippen molar-refractivity contribution in [3.8, 4) is 0 Å². The van der Waals surface area contributed by atoms with E-state index in [1.807, 2.05) is 44.2 Å². The van der Waals surface area contributed by atoms with Gasteiger partial charge in [-0.1, -0.05) is 50.1 Å². The molecule has 112 valence electrons. The molecule has 1 aromatic carbocycles. The van der Waals surface area contributed by atoms with Gasteiger partial charge >= 0.3 is 0 Å². The lowest BCUT2D eigenvalue weighted by atomic mass is 9.86. The van der Waals surface area contributed by atoms with E-state index in [0.717, 1.165) is 19.3 Å². The van der Waals surface area contributed by atoms with Crippen molar-refractivity contribution in [1.82, 2.24) is 4.90 Å². The van der Waals surface area contributed by atoms with Gasteiger partial charge in [0.1, 0.15) is 0 Å². The van der Waals surface area contributed by atoms with E-state index in [-0.39, 0.29) is 5.91 Å². The van der Waals surface area contributed by atoms with E-state index in [4.69, 9.17) is 0 Å². The molecule has 0 aromatic heterocycles. The van der Waals surface area contributed by atoms with Crippen molar-refractivity contribution in [2.24, 2.45) is 0 Å². The first-order chi connectivity index (χ1) is 9.60. The van der Waals surface area contributed by atoms with Gasteiger partial charge < -0.3 is 10.0 Å². The van der Waals surface area contributed by atoms with E-state index >= 15 is 0 Å². The molecule has 1 unspecified atom stereocenters. The van der Waals surface area contributed by atoms with Gasteiger partial charge in [0.15, 0.2) is 5.60 Å². The third kappa shape index (κ3) is 3.83. The number of nitrogens with zero attached hydrogens (tertiary/aromatic N) is 1. The highest BCUT2D eigenvalue weighted by molar-refractivity contribution is 5.86. The molecule has 0 fully saturated rings. The van der Waals surface area contributed by atoms with Crippen molar-refractivity contribution in [2.75, 3.05) is 13.1 Å². The summed E-state index contributed by atoms with van der Waals surface area (Å²) >= 11 is 0. The fraction of sp³-hybridized carbons (Fsp3) is 0.588. The van der Waals surface area contributed by atoms with E-state index in [1.165, 1.54) is 0 Å². The highest BCUT2D eigenvalue weighted by atomic mass is 16.3. The number of benzene rings is 1. The lowest BCUT2D eigenvalue weighted by Gasteiger charge is -2.33. The summed E-state index contributed by atoms with van der Waals surface area (Å²) in [5.74, 6) is -0.176. The molecule has 0 radical (unpaired) electrons. The first kappa shape index (κ1) is 16.7. The average Bonchev–Trinajstić information content (AvgIpc) is 2.49. The zero-order valence-corrected chi connectivity index (χ0v) is 12.9. The number of aliphatic hydroxyl groups is 1. The Labute approximate surface area is 122 Å². The Morgan fingerprint density at radius 2 is 1.70 bits per heavy atom. The minimum Gasteiger partial charge on any atom is -0.375 e. The normalized spacial score (nSPS) is 13.8. The van der Waals surface area contributed by atoms with Gasteiger partial charge in [0, 0.05) is 13.1 Å². The molecule has 1 aromatic rings. The summed E-state index contributed by atoms with van der Waals surface area (Å²) in [4.78, 5) is 14.4. The number of unbranched alkanes of at least 4 members (excludes halogenated alkanes) is 2. The van der Waals surface area contributed by atoms with Crippen LogP contribution in [0.5, 0.6) is 0 Å². The van der Waals surface area contributed by atoms with Crippen LogP contribution in [0.4, 0.5) is 0 Å². The Bertz CT molecular complexity index is 401. The molecule has 0 heterocycles. The van der Waals surface area contributed by atoms with Crippen LogP contribution in [0.3, 0.4) is 0 Å². The maximum absolute atomic E-state index is 12.7. The predicted octanol–water partition coefficient (Wildman–Crippen LogP) is 3.32. The summed E-state index contributed by atoms with van der Waals surface area (Å²) in [5, 5.41) is 11.0. The summed E-state index contributed by atoms with van der Waals surface area (Å²) in [6.07, 6.45) is 3.44. The SMILES string of the molecule is CCCCCC(O)(C(=O)N(CC)CC)c1ccccc1. The maximum atomic E-state index is 12.7. The molecule has 1 N–H and O–H groups in total. The zero-order chi connectivity index (χ0) is 15.0. The summed E-state index contributed by atoms with van der Waals surface area (Å²) < 4.78 is 0. The molecule has 1 atom stereocenters. The fourth-order valence-corrected chi connectivity index (χ4v) is 2.49. The summed E-state index contributed by atoms with van der Waals surface area (Å²) in [6.45, 7) is 7.25. The topological polar surface area (TPSA) is 40.5 Å². The van der Waals surface area contributed by atoms with Crippen LogP contribution >= 0.6 is 0 Å². The van der Waals surface area contributed by atoms with Gasteiger partial charge in [-0.2, -0.15) is 0 Å². The van der Waals surface area contributed by atoms with Gasteiger partial charge in [0.05, 0.1) is 0 Å². The Kier molecular flexibility index (Phi) is 6.73. The monoisotopic (exact) mass is 277 g/mol. The number of hydrogen-bond donors (Lipinski definition) is 1. The van der Waals surface area contributed by atoms with Gasteiger partial charge in [-0.3, -0.25) is 4.79 Å². The molecular formula is C17H27NO2. The predicted molar refractivity (Wildman–Crippen MR) is 82.4 cm³/mol. The quantitative estimate of drug-likeness (QED) is 0.740. The van der Waals surface area contributed by atoms with Crippen LogP contribution in [0.15, 0.2) is 30.3 Å². The second-order valence-electron chi connectivity index (χ2n) is 5.16. The van der Waals surface area contributed by atoms with Crippen molar-refractivity contribution in [1.29, 1.82) is 0 Å². The fourth-order valence-electron chi connectivity index (χ4n) is 2.49. The first-order valence-corrected chi connectivity index (χ1v) is 7.67. The van der Waals surface area contributed by atoms with Crippen LogP contribution in [0.2, 0.25) is 0 Å². The first-order valence-electron chi connectivity index (χ1n) is 7.67. The van der Waals surface area contributed by atoms with Gasteiger partial charge in [0.2, 0.25) is 0 Å². The highest BCUT2D eigenvalue weighted by Crippen LogP contribution is 2.29. The molecule has 0 aliphatic heterocycles.